The average Bonchev–Trinajstić information content (AvgIpc) is 3.43. The van der Waals surface area contributed by atoms with Crippen molar-refractivity contribution in [3.8, 4) is 11.3 Å². The Labute approximate surface area is 172 Å². The van der Waals surface area contributed by atoms with Crippen molar-refractivity contribution in [2.75, 3.05) is 13.1 Å². The first-order valence-electron chi connectivity index (χ1n) is 10.4. The summed E-state index contributed by atoms with van der Waals surface area (Å²) in [6.07, 6.45) is 2.07. The van der Waals surface area contributed by atoms with Crippen LogP contribution in [0.5, 0.6) is 0 Å². The second kappa shape index (κ2) is 9.10. The first-order chi connectivity index (χ1) is 14.2. The Kier molecular flexibility index (Phi) is 6.11. The Morgan fingerprint density at radius 2 is 1.79 bits per heavy atom. The topological polar surface area (TPSA) is 45.5 Å². The number of likely N-dealkylation sites (tertiary alicyclic amines) is 1. The summed E-state index contributed by atoms with van der Waals surface area (Å²) in [6, 6.07) is 25.1. The molecular formula is C25H28N2O2. The lowest BCUT2D eigenvalue weighted by Crippen LogP contribution is -2.37. The van der Waals surface area contributed by atoms with E-state index in [1.165, 1.54) is 5.56 Å². The number of hydrogen-bond acceptors (Lipinski definition) is 3. The molecule has 1 amide bonds. The van der Waals surface area contributed by atoms with Gasteiger partial charge in [-0.2, -0.15) is 0 Å². The number of nitrogens with one attached hydrogen (secondary N) is 1. The predicted octanol–water partition coefficient (Wildman–Crippen LogP) is 4.83. The largest absolute Gasteiger partial charge is 0.461 e. The summed E-state index contributed by atoms with van der Waals surface area (Å²) < 4.78 is 5.90. The highest BCUT2D eigenvalue weighted by molar-refractivity contribution is 5.76. The number of amides is 1. The highest BCUT2D eigenvalue weighted by Crippen LogP contribution is 2.25. The SMILES string of the molecule is CC(c1ccccc1)N1CCC(NC(=O)CCc2ccc(-c3ccccc3)o2)C1. The van der Waals surface area contributed by atoms with E-state index < -0.39 is 0 Å². The van der Waals surface area contributed by atoms with Crippen molar-refractivity contribution in [1.82, 2.24) is 10.2 Å². The molecule has 29 heavy (non-hydrogen) atoms. The quantitative estimate of drug-likeness (QED) is 0.630. The lowest BCUT2D eigenvalue weighted by molar-refractivity contribution is -0.121. The molecule has 1 aromatic heterocycles. The molecule has 0 bridgehead atoms. The molecule has 0 saturated carbocycles. The molecule has 0 radical (unpaired) electrons. The smallest absolute Gasteiger partial charge is 0.220 e. The van der Waals surface area contributed by atoms with Gasteiger partial charge in [0.15, 0.2) is 0 Å². The number of hydrogen-bond donors (Lipinski definition) is 1. The van der Waals surface area contributed by atoms with E-state index in [9.17, 15) is 4.79 Å². The van der Waals surface area contributed by atoms with Crippen molar-refractivity contribution in [3.63, 3.8) is 0 Å². The van der Waals surface area contributed by atoms with Crippen LogP contribution in [0.3, 0.4) is 0 Å². The van der Waals surface area contributed by atoms with Gasteiger partial charge in [-0.3, -0.25) is 9.69 Å². The minimum Gasteiger partial charge on any atom is -0.461 e. The van der Waals surface area contributed by atoms with Gasteiger partial charge in [-0.15, -0.1) is 0 Å². The van der Waals surface area contributed by atoms with E-state index in [-0.39, 0.29) is 11.9 Å². The summed E-state index contributed by atoms with van der Waals surface area (Å²) in [4.78, 5) is 14.9. The maximum absolute atomic E-state index is 12.4. The van der Waals surface area contributed by atoms with Crippen LogP contribution in [0.15, 0.2) is 77.2 Å². The maximum atomic E-state index is 12.4. The number of rotatable bonds is 7. The van der Waals surface area contributed by atoms with Crippen molar-refractivity contribution in [2.24, 2.45) is 0 Å². The summed E-state index contributed by atoms with van der Waals surface area (Å²) in [5, 5.41) is 3.20. The molecule has 3 aromatic rings. The highest BCUT2D eigenvalue weighted by atomic mass is 16.3. The molecule has 2 atom stereocenters. The van der Waals surface area contributed by atoms with Crippen LogP contribution in [0.25, 0.3) is 11.3 Å². The number of aryl methyl sites for hydroxylation is 1. The number of furan rings is 1. The summed E-state index contributed by atoms with van der Waals surface area (Å²) in [7, 11) is 0. The fourth-order valence-electron chi connectivity index (χ4n) is 4.01. The van der Waals surface area contributed by atoms with Crippen LogP contribution in [-0.2, 0) is 11.2 Å². The lowest BCUT2D eigenvalue weighted by atomic mass is 10.1. The zero-order valence-corrected chi connectivity index (χ0v) is 16.9. The van der Waals surface area contributed by atoms with Crippen LogP contribution in [0.1, 0.15) is 37.1 Å². The van der Waals surface area contributed by atoms with Gasteiger partial charge in [-0.05, 0) is 31.0 Å². The van der Waals surface area contributed by atoms with E-state index in [2.05, 4.69) is 41.4 Å². The molecule has 4 heteroatoms. The Balaban J connectivity index is 1.24. The number of nitrogens with zero attached hydrogens (tertiary/aromatic N) is 1. The fraction of sp³-hybridized carbons (Fsp3) is 0.320. The second-order valence-corrected chi connectivity index (χ2v) is 7.77. The predicted molar refractivity (Wildman–Crippen MR) is 115 cm³/mol. The van der Waals surface area contributed by atoms with Gasteiger partial charge in [0.05, 0.1) is 0 Å². The van der Waals surface area contributed by atoms with E-state index in [4.69, 9.17) is 4.42 Å². The molecule has 0 aliphatic carbocycles. The first-order valence-corrected chi connectivity index (χ1v) is 10.4. The van der Waals surface area contributed by atoms with Crippen LogP contribution in [-0.4, -0.2) is 29.9 Å². The van der Waals surface area contributed by atoms with Crippen molar-refractivity contribution in [3.05, 3.63) is 84.1 Å². The number of benzene rings is 2. The maximum Gasteiger partial charge on any atom is 0.220 e. The highest BCUT2D eigenvalue weighted by Gasteiger charge is 2.27. The molecule has 1 N–H and O–H groups in total. The molecule has 1 saturated heterocycles. The molecule has 1 fully saturated rings. The molecule has 2 aromatic carbocycles. The Morgan fingerprint density at radius 1 is 1.07 bits per heavy atom. The van der Waals surface area contributed by atoms with Crippen molar-refractivity contribution in [1.29, 1.82) is 0 Å². The van der Waals surface area contributed by atoms with Gasteiger partial charge in [-0.25, -0.2) is 0 Å². The van der Waals surface area contributed by atoms with Crippen molar-refractivity contribution in [2.45, 2.75) is 38.3 Å². The summed E-state index contributed by atoms with van der Waals surface area (Å²) in [5.41, 5.74) is 2.38. The minimum atomic E-state index is 0.0990. The summed E-state index contributed by atoms with van der Waals surface area (Å²) >= 11 is 0. The van der Waals surface area contributed by atoms with Crippen LogP contribution in [0.2, 0.25) is 0 Å². The molecule has 1 aliphatic rings. The van der Waals surface area contributed by atoms with E-state index in [1.807, 2.05) is 48.5 Å². The zero-order chi connectivity index (χ0) is 20.1. The molecule has 1 aliphatic heterocycles. The van der Waals surface area contributed by atoms with Crippen LogP contribution < -0.4 is 5.32 Å². The second-order valence-electron chi connectivity index (χ2n) is 7.77. The minimum absolute atomic E-state index is 0.0990. The first kappa shape index (κ1) is 19.5. The average molecular weight is 389 g/mol. The third kappa shape index (κ3) is 4.96. The molecule has 150 valence electrons. The molecule has 4 rings (SSSR count). The number of carbonyl (C=O) groups excluding carboxylic acids is 1. The van der Waals surface area contributed by atoms with Crippen LogP contribution in [0, 0.1) is 0 Å². The van der Waals surface area contributed by atoms with Gasteiger partial charge >= 0.3 is 0 Å². The Morgan fingerprint density at radius 3 is 2.55 bits per heavy atom. The lowest BCUT2D eigenvalue weighted by Gasteiger charge is -2.24. The van der Waals surface area contributed by atoms with Crippen LogP contribution in [0.4, 0.5) is 0 Å². The molecule has 0 spiro atoms. The van der Waals surface area contributed by atoms with Gasteiger partial charge < -0.3 is 9.73 Å². The fourth-order valence-corrected chi connectivity index (χ4v) is 4.01. The monoisotopic (exact) mass is 388 g/mol. The third-order valence-corrected chi connectivity index (χ3v) is 5.73. The standard InChI is InChI=1S/C25H28N2O2/c1-19(20-8-4-2-5-9-20)27-17-16-22(18-27)26-25(28)15-13-23-12-14-24(29-23)21-10-6-3-7-11-21/h2-12,14,19,22H,13,15-18H2,1H3,(H,26,28). The molecule has 4 nitrogen and oxygen atoms in total. The van der Waals surface area contributed by atoms with Crippen molar-refractivity contribution < 1.29 is 9.21 Å². The molecule has 2 heterocycles. The third-order valence-electron chi connectivity index (χ3n) is 5.73. The van der Waals surface area contributed by atoms with E-state index >= 15 is 0 Å². The van der Waals surface area contributed by atoms with E-state index in [1.54, 1.807) is 0 Å². The van der Waals surface area contributed by atoms with E-state index in [0.29, 0.717) is 18.9 Å². The summed E-state index contributed by atoms with van der Waals surface area (Å²) in [5.74, 6) is 1.80. The molecular weight excluding hydrogens is 360 g/mol. The van der Waals surface area contributed by atoms with Gasteiger partial charge in [0, 0.05) is 43.6 Å². The van der Waals surface area contributed by atoms with Gasteiger partial charge in [0.25, 0.3) is 0 Å². The van der Waals surface area contributed by atoms with E-state index in [0.717, 1.165) is 36.6 Å². The molecule has 2 unspecified atom stereocenters. The van der Waals surface area contributed by atoms with Gasteiger partial charge in [-0.1, -0.05) is 60.7 Å². The summed E-state index contributed by atoms with van der Waals surface area (Å²) in [6.45, 7) is 4.15. The van der Waals surface area contributed by atoms with Gasteiger partial charge in [0.2, 0.25) is 5.91 Å². The normalized spacial score (nSPS) is 17.9. The van der Waals surface area contributed by atoms with Crippen LogP contribution >= 0.6 is 0 Å². The van der Waals surface area contributed by atoms with Crippen molar-refractivity contribution >= 4 is 5.91 Å². The zero-order valence-electron chi connectivity index (χ0n) is 16.9. The Bertz CT molecular complexity index is 920. The Hall–Kier alpha value is -2.85. The number of carbonyl (C=O) groups is 1. The van der Waals surface area contributed by atoms with Gasteiger partial charge in [0.1, 0.15) is 11.5 Å².